The Labute approximate surface area is 146 Å². The van der Waals surface area contributed by atoms with Crippen LogP contribution in [0.15, 0.2) is 29.1 Å². The van der Waals surface area contributed by atoms with Crippen molar-refractivity contribution >= 4 is 22.9 Å². The van der Waals surface area contributed by atoms with E-state index in [-0.39, 0.29) is 24.6 Å². The van der Waals surface area contributed by atoms with E-state index >= 15 is 0 Å². The quantitative estimate of drug-likeness (QED) is 0.763. The summed E-state index contributed by atoms with van der Waals surface area (Å²) in [6.45, 7) is 5.96. The van der Waals surface area contributed by atoms with Crippen LogP contribution in [0.25, 0.3) is 11.0 Å². The molecule has 25 heavy (non-hydrogen) atoms. The van der Waals surface area contributed by atoms with Gasteiger partial charge in [0.05, 0.1) is 23.0 Å². The predicted octanol–water partition coefficient (Wildman–Crippen LogP) is 1.97. The van der Waals surface area contributed by atoms with E-state index in [1.165, 1.54) is 4.57 Å². The monoisotopic (exact) mass is 347 g/mol. The molecule has 7 nitrogen and oxygen atoms in total. The number of nitrogens with one attached hydrogen (secondary N) is 1. The lowest BCUT2D eigenvalue weighted by Gasteiger charge is -2.31. The molecule has 7 heteroatoms. The summed E-state index contributed by atoms with van der Waals surface area (Å²) >= 11 is 0. The number of para-hydroxylation sites is 2. The van der Waals surface area contributed by atoms with Gasteiger partial charge in [0.1, 0.15) is 6.54 Å². The first-order valence-corrected chi connectivity index (χ1v) is 8.58. The molecule has 136 valence electrons. The maximum atomic E-state index is 12.6. The second-order valence-electron chi connectivity index (χ2n) is 6.21. The van der Waals surface area contributed by atoms with E-state index in [9.17, 15) is 14.4 Å². The molecule has 0 fully saturated rings. The second-order valence-corrected chi connectivity index (χ2v) is 6.21. The molecule has 1 aromatic heterocycles. The number of aryl methyl sites for hydroxylation is 1. The number of rotatable bonds is 8. The maximum absolute atomic E-state index is 12.6. The van der Waals surface area contributed by atoms with Crippen molar-refractivity contribution in [3.8, 4) is 0 Å². The van der Waals surface area contributed by atoms with E-state index in [4.69, 9.17) is 5.11 Å². The van der Waals surface area contributed by atoms with Crippen molar-refractivity contribution in [1.82, 2.24) is 14.5 Å². The molecular weight excluding hydrogens is 322 g/mol. The van der Waals surface area contributed by atoms with Gasteiger partial charge in [-0.1, -0.05) is 26.0 Å². The first kappa shape index (κ1) is 18.8. The van der Waals surface area contributed by atoms with E-state index in [0.717, 1.165) is 5.52 Å². The normalized spacial score (nSPS) is 11.6. The van der Waals surface area contributed by atoms with Crippen LogP contribution in [0.2, 0.25) is 0 Å². The van der Waals surface area contributed by atoms with Crippen LogP contribution < -0.4 is 11.0 Å². The number of carbonyl (C=O) groups is 2. The Morgan fingerprint density at radius 2 is 1.64 bits per heavy atom. The minimum atomic E-state index is -0.955. The number of aliphatic carboxylic acids is 1. The zero-order chi connectivity index (χ0) is 18.6. The van der Waals surface area contributed by atoms with E-state index in [1.807, 2.05) is 39.0 Å². The Bertz CT molecular complexity index is 830. The topological polar surface area (TPSA) is 93.3 Å². The molecule has 0 spiro atoms. The maximum Gasteiger partial charge on any atom is 0.329 e. The van der Waals surface area contributed by atoms with Gasteiger partial charge in [0.2, 0.25) is 5.91 Å². The molecule has 0 saturated heterocycles. The zero-order valence-corrected chi connectivity index (χ0v) is 14.9. The van der Waals surface area contributed by atoms with Crippen LogP contribution in [0, 0.1) is 0 Å². The summed E-state index contributed by atoms with van der Waals surface area (Å²) in [5.74, 6) is -1.31. The number of carboxylic acid groups (broad SMARTS) is 1. The van der Waals surface area contributed by atoms with Crippen molar-refractivity contribution in [3.63, 3.8) is 0 Å². The molecule has 0 aliphatic heterocycles. The van der Waals surface area contributed by atoms with Crippen molar-refractivity contribution in [3.05, 3.63) is 34.7 Å². The van der Waals surface area contributed by atoms with Crippen LogP contribution in [-0.2, 0) is 22.7 Å². The molecule has 0 unspecified atom stereocenters. The molecule has 1 amide bonds. The van der Waals surface area contributed by atoms with Gasteiger partial charge in [-0.05, 0) is 31.9 Å². The second kappa shape index (κ2) is 7.55. The smallest absolute Gasteiger partial charge is 0.329 e. The predicted molar refractivity (Wildman–Crippen MR) is 95.6 cm³/mol. The number of nitrogens with zero attached hydrogens (tertiary/aromatic N) is 2. The number of hydrogen-bond acceptors (Lipinski definition) is 3. The van der Waals surface area contributed by atoms with E-state index < -0.39 is 11.5 Å². The molecule has 0 aliphatic carbocycles. The van der Waals surface area contributed by atoms with Gasteiger partial charge >= 0.3 is 11.7 Å². The largest absolute Gasteiger partial charge is 0.481 e. The Hall–Kier alpha value is -2.57. The number of fused-ring (bicyclic) bond motifs is 1. The standard InChI is InChI=1S/C18H25N3O4/c1-4-18(5-2,11-16(23)24)19-15(22)12-21-14-10-8-7-9-13(14)20(6-3)17(21)25/h7-10H,4-6,11-12H2,1-3H3,(H,19,22)(H,23,24). The molecule has 0 aliphatic rings. The van der Waals surface area contributed by atoms with Crippen molar-refractivity contribution in [2.75, 3.05) is 0 Å². The third-order valence-electron chi connectivity index (χ3n) is 4.79. The molecule has 0 bridgehead atoms. The third kappa shape index (κ3) is 3.75. The number of amides is 1. The molecule has 0 atom stereocenters. The summed E-state index contributed by atoms with van der Waals surface area (Å²) in [5.41, 5.74) is 0.443. The summed E-state index contributed by atoms with van der Waals surface area (Å²) in [5, 5.41) is 12.0. The van der Waals surface area contributed by atoms with Gasteiger partial charge in [0.25, 0.3) is 0 Å². The summed E-state index contributed by atoms with van der Waals surface area (Å²) in [4.78, 5) is 36.3. The highest BCUT2D eigenvalue weighted by atomic mass is 16.4. The Balaban J connectivity index is 2.32. The van der Waals surface area contributed by atoms with Crippen molar-refractivity contribution in [2.24, 2.45) is 0 Å². The number of carbonyl (C=O) groups excluding carboxylic acids is 1. The molecule has 1 heterocycles. The van der Waals surface area contributed by atoms with Gasteiger partial charge in [0, 0.05) is 6.54 Å². The van der Waals surface area contributed by atoms with Crippen LogP contribution in [0.4, 0.5) is 0 Å². The average Bonchev–Trinajstić information content (AvgIpc) is 2.85. The van der Waals surface area contributed by atoms with E-state index in [2.05, 4.69) is 5.32 Å². The first-order chi connectivity index (χ1) is 11.9. The average molecular weight is 347 g/mol. The van der Waals surface area contributed by atoms with Gasteiger partial charge in [0.15, 0.2) is 0 Å². The van der Waals surface area contributed by atoms with E-state index in [0.29, 0.717) is 24.9 Å². The van der Waals surface area contributed by atoms with Crippen molar-refractivity contribution < 1.29 is 14.7 Å². The highest BCUT2D eigenvalue weighted by Gasteiger charge is 2.31. The molecule has 2 aromatic rings. The van der Waals surface area contributed by atoms with E-state index in [1.54, 1.807) is 10.6 Å². The van der Waals surface area contributed by atoms with Crippen LogP contribution in [-0.4, -0.2) is 31.7 Å². The SMILES string of the molecule is CCn1c(=O)n(CC(=O)NC(CC)(CC)CC(=O)O)c2ccccc21. The third-order valence-corrected chi connectivity index (χ3v) is 4.79. The van der Waals surface area contributed by atoms with Gasteiger partial charge in [-0.25, -0.2) is 4.79 Å². The lowest BCUT2D eigenvalue weighted by molar-refractivity contribution is -0.139. The summed E-state index contributed by atoms with van der Waals surface area (Å²) < 4.78 is 3.05. The fourth-order valence-corrected chi connectivity index (χ4v) is 3.22. The molecule has 2 rings (SSSR count). The summed E-state index contributed by atoms with van der Waals surface area (Å²) in [6, 6.07) is 7.33. The Kier molecular flexibility index (Phi) is 5.66. The van der Waals surface area contributed by atoms with Crippen LogP contribution in [0.5, 0.6) is 0 Å². The number of benzene rings is 1. The molecular formula is C18H25N3O4. The van der Waals surface area contributed by atoms with Crippen LogP contribution in [0.1, 0.15) is 40.0 Å². The van der Waals surface area contributed by atoms with Gasteiger partial charge < -0.3 is 10.4 Å². The molecule has 0 saturated carbocycles. The minimum absolute atomic E-state index is 0.131. The number of imidazole rings is 1. The number of carboxylic acids is 1. The van der Waals surface area contributed by atoms with Gasteiger partial charge in [-0.2, -0.15) is 0 Å². The lowest BCUT2D eigenvalue weighted by atomic mass is 9.89. The minimum Gasteiger partial charge on any atom is -0.481 e. The lowest BCUT2D eigenvalue weighted by Crippen LogP contribution is -2.50. The number of hydrogen-bond donors (Lipinski definition) is 2. The fraction of sp³-hybridized carbons (Fsp3) is 0.500. The molecule has 1 aromatic carbocycles. The van der Waals surface area contributed by atoms with Gasteiger partial charge in [-0.15, -0.1) is 0 Å². The zero-order valence-electron chi connectivity index (χ0n) is 14.9. The van der Waals surface area contributed by atoms with Crippen LogP contribution in [0.3, 0.4) is 0 Å². The van der Waals surface area contributed by atoms with Crippen molar-refractivity contribution in [1.29, 1.82) is 0 Å². The Morgan fingerprint density at radius 1 is 1.08 bits per heavy atom. The van der Waals surface area contributed by atoms with Crippen LogP contribution >= 0.6 is 0 Å². The first-order valence-electron chi connectivity index (χ1n) is 8.58. The fourth-order valence-electron chi connectivity index (χ4n) is 3.22. The summed E-state index contributed by atoms with van der Waals surface area (Å²) in [7, 11) is 0. The summed E-state index contributed by atoms with van der Waals surface area (Å²) in [6.07, 6.45) is 0.873. The Morgan fingerprint density at radius 3 is 2.12 bits per heavy atom. The number of aromatic nitrogens is 2. The molecule has 0 radical (unpaired) electrons. The van der Waals surface area contributed by atoms with Crippen molar-refractivity contribution in [2.45, 2.75) is 58.7 Å². The highest BCUT2D eigenvalue weighted by molar-refractivity contribution is 5.82. The van der Waals surface area contributed by atoms with Gasteiger partial charge in [-0.3, -0.25) is 18.7 Å². The highest BCUT2D eigenvalue weighted by Crippen LogP contribution is 2.20. The molecule has 2 N–H and O–H groups in total.